The number of hydrogen-bond donors (Lipinski definition) is 0. The maximum Gasteiger partial charge on any atom is 0.333 e. The lowest BCUT2D eigenvalue weighted by Gasteiger charge is -2.41. The maximum atomic E-state index is 2.66. The highest BCUT2D eigenvalue weighted by Gasteiger charge is 2.43. The molecule has 0 spiro atoms. The minimum absolute atomic E-state index is 0.0179. The van der Waals surface area contributed by atoms with Gasteiger partial charge in [0, 0.05) is 61.5 Å². The summed E-state index contributed by atoms with van der Waals surface area (Å²) in [7, 11) is 0. The highest BCUT2D eigenvalue weighted by Crippen LogP contribution is 2.47. The second-order valence-corrected chi connectivity index (χ2v) is 19.5. The molecule has 0 N–H and O–H groups in total. The van der Waals surface area contributed by atoms with Gasteiger partial charge >= 0.3 is 6.85 Å². The van der Waals surface area contributed by atoms with Gasteiger partial charge in [0.05, 0.1) is 0 Å². The van der Waals surface area contributed by atoms with Gasteiger partial charge in [0.15, 0.2) is 0 Å². The first-order valence-corrected chi connectivity index (χ1v) is 22.0. The molecule has 0 saturated carbocycles. The Labute approximate surface area is 364 Å². The Balaban J connectivity index is 1.15. The summed E-state index contributed by atoms with van der Waals surface area (Å²) in [4.78, 5) is 4.95. The van der Waals surface area contributed by atoms with E-state index in [9.17, 15) is 0 Å². The molecule has 0 saturated heterocycles. The molecular formula is C58H48BN3. The standard InChI is InChI=1S/C58H48BN3/c1-57(2,3)41-34-42(58(4,5)6)36-46(35-41)61-53-26-16-22-48-50-24-15-23-49-47-21-13-14-25-52(47)62(56(49)50)59(55(48)53)51-32-39-30-38-31-45(28-27-37(38)29-40(39)33-54(51)61)60(43-17-9-7-10-18-43)44-19-11-8-12-20-44/h7-36H,1-6H3. The minimum atomic E-state index is -0.0281. The number of benzene rings is 9. The summed E-state index contributed by atoms with van der Waals surface area (Å²) in [6.45, 7) is 14.0. The second kappa shape index (κ2) is 13.2. The summed E-state index contributed by atoms with van der Waals surface area (Å²) in [5.41, 5.74) is 17.6. The molecule has 1 aromatic heterocycles. The SMILES string of the molecule is CC(C)(C)c1cc(N2c3cc4cc5ccc(N(c6ccccc6)c6ccccc6)cc5cc4cc3B3c4c(cccc42)-c2cccc4c5ccccc5n3c24)cc(C(C)(C)C)c1. The Morgan fingerprint density at radius 2 is 1.03 bits per heavy atom. The zero-order chi connectivity index (χ0) is 42.1. The molecule has 62 heavy (non-hydrogen) atoms. The highest BCUT2D eigenvalue weighted by molar-refractivity contribution is 6.90. The topological polar surface area (TPSA) is 11.4 Å². The fraction of sp³-hybridized carbons (Fsp3) is 0.138. The zero-order valence-corrected chi connectivity index (χ0v) is 36.2. The quantitative estimate of drug-likeness (QED) is 0.130. The van der Waals surface area contributed by atoms with Gasteiger partial charge in [-0.15, -0.1) is 0 Å². The van der Waals surface area contributed by atoms with Gasteiger partial charge in [-0.1, -0.05) is 145 Å². The Kier molecular flexibility index (Phi) is 7.85. The van der Waals surface area contributed by atoms with Gasteiger partial charge in [-0.05, 0) is 139 Å². The average Bonchev–Trinajstić information content (AvgIpc) is 3.61. The summed E-state index contributed by atoms with van der Waals surface area (Å²) in [5, 5.41) is 7.53. The fourth-order valence-corrected chi connectivity index (χ4v) is 10.4. The van der Waals surface area contributed by atoms with Gasteiger partial charge in [-0.3, -0.25) is 0 Å². The van der Waals surface area contributed by atoms with Gasteiger partial charge in [-0.25, -0.2) is 0 Å². The van der Waals surface area contributed by atoms with Crippen molar-refractivity contribution in [1.29, 1.82) is 0 Å². The van der Waals surface area contributed by atoms with Crippen molar-refractivity contribution in [2.75, 3.05) is 9.80 Å². The Hall–Kier alpha value is -7.04. The summed E-state index contributed by atoms with van der Waals surface area (Å²) in [6.07, 6.45) is 0. The molecule has 2 aliphatic heterocycles. The van der Waals surface area contributed by atoms with E-state index in [1.54, 1.807) is 0 Å². The Morgan fingerprint density at radius 1 is 0.435 bits per heavy atom. The molecule has 10 aromatic rings. The minimum Gasteiger partial charge on any atom is -0.375 e. The number of hydrogen-bond acceptors (Lipinski definition) is 2. The van der Waals surface area contributed by atoms with Crippen molar-refractivity contribution in [3.8, 4) is 11.1 Å². The maximum absolute atomic E-state index is 2.66. The van der Waals surface area contributed by atoms with Crippen molar-refractivity contribution in [2.24, 2.45) is 0 Å². The van der Waals surface area contributed by atoms with Crippen molar-refractivity contribution in [1.82, 2.24) is 4.48 Å². The number of rotatable bonds is 4. The van der Waals surface area contributed by atoms with Crippen LogP contribution in [0.25, 0.3) is 54.5 Å². The molecule has 0 amide bonds. The number of para-hydroxylation sites is 4. The first-order chi connectivity index (χ1) is 30.0. The van der Waals surface area contributed by atoms with Crippen LogP contribution in [0.4, 0.5) is 34.1 Å². The highest BCUT2D eigenvalue weighted by atomic mass is 15.2. The molecule has 9 aromatic carbocycles. The van der Waals surface area contributed by atoms with Crippen LogP contribution in [-0.2, 0) is 10.8 Å². The van der Waals surface area contributed by atoms with Crippen LogP contribution < -0.4 is 20.7 Å². The van der Waals surface area contributed by atoms with Crippen LogP contribution in [-0.4, -0.2) is 11.3 Å². The Bertz CT molecular complexity index is 3370. The normalized spacial score (nSPS) is 13.3. The molecule has 2 aliphatic rings. The molecule has 0 fully saturated rings. The lowest BCUT2D eigenvalue weighted by atomic mass is 9.45. The monoisotopic (exact) mass is 797 g/mol. The average molecular weight is 798 g/mol. The van der Waals surface area contributed by atoms with E-state index >= 15 is 0 Å². The molecule has 3 heterocycles. The van der Waals surface area contributed by atoms with Gasteiger partial charge < -0.3 is 14.3 Å². The van der Waals surface area contributed by atoms with E-state index in [0.717, 1.165) is 17.1 Å². The molecule has 4 heteroatoms. The third-order valence-electron chi connectivity index (χ3n) is 13.5. The van der Waals surface area contributed by atoms with E-state index < -0.39 is 0 Å². The third-order valence-corrected chi connectivity index (χ3v) is 13.5. The second-order valence-electron chi connectivity index (χ2n) is 19.5. The zero-order valence-electron chi connectivity index (χ0n) is 36.2. The lowest BCUT2D eigenvalue weighted by molar-refractivity contribution is 0.569. The largest absolute Gasteiger partial charge is 0.375 e. The van der Waals surface area contributed by atoms with Crippen molar-refractivity contribution in [2.45, 2.75) is 52.4 Å². The molecular weight excluding hydrogens is 749 g/mol. The van der Waals surface area contributed by atoms with Crippen molar-refractivity contribution in [3.05, 3.63) is 193 Å². The third kappa shape index (κ3) is 5.52. The van der Waals surface area contributed by atoms with Crippen LogP contribution in [0.5, 0.6) is 0 Å². The molecule has 0 atom stereocenters. The first kappa shape index (κ1) is 36.8. The van der Waals surface area contributed by atoms with Gasteiger partial charge in [0.25, 0.3) is 0 Å². The van der Waals surface area contributed by atoms with Crippen molar-refractivity contribution < 1.29 is 0 Å². The van der Waals surface area contributed by atoms with Crippen LogP contribution in [0.2, 0.25) is 0 Å². The number of aromatic nitrogens is 1. The van der Waals surface area contributed by atoms with E-state index in [1.165, 1.54) is 93.6 Å². The summed E-state index contributed by atoms with van der Waals surface area (Å²) in [6, 6.07) is 68.4. The molecule has 0 aliphatic carbocycles. The molecule has 298 valence electrons. The number of fused-ring (bicyclic) bond motifs is 9. The number of nitrogens with zero attached hydrogens (tertiary/aromatic N) is 3. The van der Waals surface area contributed by atoms with E-state index in [0.29, 0.717) is 0 Å². The molecule has 0 unspecified atom stereocenters. The number of anilines is 6. The van der Waals surface area contributed by atoms with Crippen molar-refractivity contribution >= 4 is 95.2 Å². The van der Waals surface area contributed by atoms with Crippen LogP contribution in [0.1, 0.15) is 52.7 Å². The molecule has 3 nitrogen and oxygen atoms in total. The van der Waals surface area contributed by atoms with Crippen LogP contribution >= 0.6 is 0 Å². The Morgan fingerprint density at radius 3 is 1.74 bits per heavy atom. The molecule has 0 radical (unpaired) electrons. The smallest absolute Gasteiger partial charge is 0.333 e. The van der Waals surface area contributed by atoms with E-state index in [2.05, 4.69) is 238 Å². The molecule has 12 rings (SSSR count). The van der Waals surface area contributed by atoms with Gasteiger partial charge in [-0.2, -0.15) is 0 Å². The fourth-order valence-electron chi connectivity index (χ4n) is 10.4. The first-order valence-electron chi connectivity index (χ1n) is 22.0. The predicted octanol–water partition coefficient (Wildman–Crippen LogP) is 14.6. The molecule has 0 bridgehead atoms. The van der Waals surface area contributed by atoms with Crippen LogP contribution in [0.15, 0.2) is 182 Å². The summed E-state index contributed by atoms with van der Waals surface area (Å²) < 4.78 is 2.66. The van der Waals surface area contributed by atoms with E-state index in [4.69, 9.17) is 0 Å². The predicted molar refractivity (Wildman–Crippen MR) is 267 cm³/mol. The van der Waals surface area contributed by atoms with Gasteiger partial charge in [0.1, 0.15) is 0 Å². The summed E-state index contributed by atoms with van der Waals surface area (Å²) in [5.74, 6) is 0. The van der Waals surface area contributed by atoms with Crippen molar-refractivity contribution in [3.63, 3.8) is 0 Å². The van der Waals surface area contributed by atoms with E-state index in [1.807, 2.05) is 0 Å². The lowest BCUT2D eigenvalue weighted by Crippen LogP contribution is -2.56. The van der Waals surface area contributed by atoms with Gasteiger partial charge in [0.2, 0.25) is 0 Å². The summed E-state index contributed by atoms with van der Waals surface area (Å²) >= 11 is 0. The van der Waals surface area contributed by atoms with E-state index in [-0.39, 0.29) is 17.7 Å². The van der Waals surface area contributed by atoms with Crippen LogP contribution in [0.3, 0.4) is 0 Å². The van der Waals surface area contributed by atoms with Crippen LogP contribution in [0, 0.1) is 0 Å².